The van der Waals surface area contributed by atoms with Crippen molar-refractivity contribution in [3.8, 4) is 10.4 Å². The van der Waals surface area contributed by atoms with Gasteiger partial charge in [-0.25, -0.2) is 9.78 Å². The molecule has 8 heteroatoms. The molecule has 0 aliphatic carbocycles. The van der Waals surface area contributed by atoms with Crippen molar-refractivity contribution in [2.45, 2.75) is 6.92 Å². The van der Waals surface area contributed by atoms with Crippen LogP contribution in [0.25, 0.3) is 21.5 Å². The second-order valence-electron chi connectivity index (χ2n) is 6.06. The molecule has 6 nitrogen and oxygen atoms in total. The van der Waals surface area contributed by atoms with Crippen molar-refractivity contribution in [3.05, 3.63) is 69.9 Å². The summed E-state index contributed by atoms with van der Waals surface area (Å²) in [5, 5.41) is 14.4. The quantitative estimate of drug-likeness (QED) is 0.463. The van der Waals surface area contributed by atoms with Gasteiger partial charge in [0.25, 0.3) is 5.89 Å². The second-order valence-corrected chi connectivity index (χ2v) is 7.38. The molecule has 2 N–H and O–H groups in total. The molecule has 4 aromatic rings. The molecule has 0 spiro atoms. The average Bonchev–Trinajstić information content (AvgIpc) is 3.27. The first-order valence-corrected chi connectivity index (χ1v) is 9.48. The van der Waals surface area contributed by atoms with E-state index in [0.29, 0.717) is 26.6 Å². The fourth-order valence-electron chi connectivity index (χ4n) is 2.84. The Kier molecular flexibility index (Phi) is 4.62. The molecule has 2 heterocycles. The van der Waals surface area contributed by atoms with Crippen molar-refractivity contribution in [1.82, 2.24) is 4.98 Å². The predicted octanol–water partition coefficient (Wildman–Crippen LogP) is 5.47. The van der Waals surface area contributed by atoms with E-state index >= 15 is 0 Å². The highest BCUT2D eigenvalue weighted by Gasteiger charge is 2.23. The summed E-state index contributed by atoms with van der Waals surface area (Å²) in [6, 6.07) is 12.2. The maximum Gasteiger partial charge on any atom is 0.339 e. The molecule has 1 amide bonds. The number of fused-ring (bicyclic) bond motifs is 1. The summed E-state index contributed by atoms with van der Waals surface area (Å²) in [4.78, 5) is 29.1. The number of para-hydroxylation sites is 1. The predicted molar refractivity (Wildman–Crippen MR) is 108 cm³/mol. The monoisotopic (exact) mass is 412 g/mol. The summed E-state index contributed by atoms with van der Waals surface area (Å²) >= 11 is 7.12. The van der Waals surface area contributed by atoms with Crippen LogP contribution in [0.4, 0.5) is 5.69 Å². The molecule has 0 saturated heterocycles. The van der Waals surface area contributed by atoms with Gasteiger partial charge in [0.2, 0.25) is 0 Å². The number of oxazole rings is 1. The van der Waals surface area contributed by atoms with Gasteiger partial charge in [0.15, 0.2) is 5.58 Å². The van der Waals surface area contributed by atoms with E-state index < -0.39 is 11.9 Å². The molecule has 0 aliphatic rings. The normalized spacial score (nSPS) is 10.9. The first kappa shape index (κ1) is 18.2. The number of carbonyl (C=O) groups is 2. The highest BCUT2D eigenvalue weighted by molar-refractivity contribution is 7.14. The number of thiophene rings is 1. The number of aryl methyl sites for hydroxylation is 1. The number of carbonyl (C=O) groups excluding carboxylic acids is 1. The maximum absolute atomic E-state index is 12.6. The van der Waals surface area contributed by atoms with Gasteiger partial charge in [0, 0.05) is 10.4 Å². The largest absolute Gasteiger partial charge is 0.478 e. The molecule has 28 heavy (non-hydrogen) atoms. The van der Waals surface area contributed by atoms with Crippen LogP contribution in [0.5, 0.6) is 0 Å². The molecule has 0 bridgehead atoms. The topological polar surface area (TPSA) is 92.4 Å². The molecule has 4 rings (SSSR count). The maximum atomic E-state index is 12.6. The number of nitrogens with zero attached hydrogens (tertiary/aromatic N) is 1. The number of hydrogen-bond donors (Lipinski definition) is 2. The lowest BCUT2D eigenvalue weighted by Gasteiger charge is -2.04. The highest BCUT2D eigenvalue weighted by Crippen LogP contribution is 2.36. The van der Waals surface area contributed by atoms with E-state index in [4.69, 9.17) is 16.0 Å². The molecular formula is C20H13ClN2O4S. The van der Waals surface area contributed by atoms with Crippen molar-refractivity contribution in [1.29, 1.82) is 0 Å². The van der Waals surface area contributed by atoms with Crippen LogP contribution < -0.4 is 5.32 Å². The Bertz CT molecular complexity index is 1210. The SMILES string of the molecule is Cc1cccc2nc(C(=O)Nc3csc(-c4ccc(Cl)cc4)c3C(=O)O)oc12. The van der Waals surface area contributed by atoms with Crippen LogP contribution in [0.2, 0.25) is 5.02 Å². The van der Waals surface area contributed by atoms with Gasteiger partial charge in [0.1, 0.15) is 11.1 Å². The molecule has 0 atom stereocenters. The number of nitrogens with one attached hydrogen (secondary N) is 1. The Labute approximate surface area is 168 Å². The Balaban J connectivity index is 1.69. The van der Waals surface area contributed by atoms with Crippen LogP contribution >= 0.6 is 22.9 Å². The molecule has 2 aromatic carbocycles. The lowest BCUT2D eigenvalue weighted by molar-refractivity contribution is 0.0699. The van der Waals surface area contributed by atoms with Gasteiger partial charge >= 0.3 is 11.9 Å². The van der Waals surface area contributed by atoms with Gasteiger partial charge in [-0.3, -0.25) is 4.79 Å². The van der Waals surface area contributed by atoms with Crippen molar-refractivity contribution >= 4 is 51.6 Å². The Morgan fingerprint density at radius 3 is 2.61 bits per heavy atom. The first-order chi connectivity index (χ1) is 13.4. The summed E-state index contributed by atoms with van der Waals surface area (Å²) in [5.41, 5.74) is 2.84. The van der Waals surface area contributed by atoms with Crippen molar-refractivity contribution in [2.75, 3.05) is 5.32 Å². The minimum atomic E-state index is -1.14. The lowest BCUT2D eigenvalue weighted by Crippen LogP contribution is -2.14. The lowest BCUT2D eigenvalue weighted by atomic mass is 10.1. The Morgan fingerprint density at radius 2 is 1.93 bits per heavy atom. The van der Waals surface area contributed by atoms with Crippen LogP contribution in [0.1, 0.15) is 26.6 Å². The second kappa shape index (κ2) is 7.10. The molecule has 0 radical (unpaired) electrons. The number of rotatable bonds is 4. The van der Waals surface area contributed by atoms with E-state index in [1.54, 1.807) is 35.7 Å². The van der Waals surface area contributed by atoms with Crippen LogP contribution in [-0.2, 0) is 0 Å². The van der Waals surface area contributed by atoms with E-state index in [1.807, 2.05) is 19.1 Å². The molecule has 140 valence electrons. The number of hydrogen-bond acceptors (Lipinski definition) is 5. The zero-order valence-electron chi connectivity index (χ0n) is 14.5. The third-order valence-electron chi connectivity index (χ3n) is 4.17. The zero-order chi connectivity index (χ0) is 19.8. The fourth-order valence-corrected chi connectivity index (χ4v) is 3.96. The smallest absolute Gasteiger partial charge is 0.339 e. The number of aromatic nitrogens is 1. The van der Waals surface area contributed by atoms with E-state index in [-0.39, 0.29) is 17.1 Å². The number of benzene rings is 2. The minimum Gasteiger partial charge on any atom is -0.478 e. The summed E-state index contributed by atoms with van der Waals surface area (Å²) in [6.07, 6.45) is 0. The third kappa shape index (κ3) is 3.26. The Hall–Kier alpha value is -3.16. The van der Waals surface area contributed by atoms with Gasteiger partial charge in [0.05, 0.1) is 10.6 Å². The summed E-state index contributed by atoms with van der Waals surface area (Å²) in [5.74, 6) is -1.88. The summed E-state index contributed by atoms with van der Waals surface area (Å²) in [7, 11) is 0. The van der Waals surface area contributed by atoms with Crippen LogP contribution in [-0.4, -0.2) is 22.0 Å². The number of carboxylic acids is 1. The van der Waals surface area contributed by atoms with Crippen molar-refractivity contribution < 1.29 is 19.1 Å². The first-order valence-electron chi connectivity index (χ1n) is 8.22. The third-order valence-corrected chi connectivity index (χ3v) is 5.45. The highest BCUT2D eigenvalue weighted by atomic mass is 35.5. The van der Waals surface area contributed by atoms with Crippen LogP contribution in [0, 0.1) is 6.92 Å². The molecule has 0 saturated carbocycles. The molecule has 0 fully saturated rings. The molecule has 2 aromatic heterocycles. The fraction of sp³-hybridized carbons (Fsp3) is 0.0500. The van der Waals surface area contributed by atoms with Crippen LogP contribution in [0.3, 0.4) is 0 Å². The molecule has 0 aliphatic heterocycles. The van der Waals surface area contributed by atoms with Crippen molar-refractivity contribution in [2.24, 2.45) is 0 Å². The number of anilines is 1. The number of halogens is 1. The van der Waals surface area contributed by atoms with E-state index in [1.165, 1.54) is 11.3 Å². The van der Waals surface area contributed by atoms with Gasteiger partial charge < -0.3 is 14.8 Å². The van der Waals surface area contributed by atoms with E-state index in [9.17, 15) is 14.7 Å². The standard InChI is InChI=1S/C20H13ClN2O4S/c1-10-3-2-4-13-16(10)27-19(23-13)18(24)22-14-9-28-17(15(14)20(25)26)11-5-7-12(21)8-6-11/h2-9H,1H3,(H,22,24)(H,25,26). The average molecular weight is 413 g/mol. The Morgan fingerprint density at radius 1 is 1.18 bits per heavy atom. The van der Waals surface area contributed by atoms with E-state index in [0.717, 1.165) is 5.56 Å². The van der Waals surface area contributed by atoms with Gasteiger partial charge in [-0.2, -0.15) is 0 Å². The number of carboxylic acid groups (broad SMARTS) is 1. The number of amides is 1. The van der Waals surface area contributed by atoms with Crippen molar-refractivity contribution in [3.63, 3.8) is 0 Å². The van der Waals surface area contributed by atoms with Gasteiger partial charge in [-0.05, 0) is 36.2 Å². The molecule has 0 unspecified atom stereocenters. The number of aromatic carboxylic acids is 1. The van der Waals surface area contributed by atoms with Gasteiger partial charge in [-0.1, -0.05) is 35.9 Å². The van der Waals surface area contributed by atoms with Crippen LogP contribution in [0.15, 0.2) is 52.3 Å². The van der Waals surface area contributed by atoms with Gasteiger partial charge in [-0.15, -0.1) is 11.3 Å². The van der Waals surface area contributed by atoms with E-state index in [2.05, 4.69) is 10.3 Å². The zero-order valence-corrected chi connectivity index (χ0v) is 16.1. The summed E-state index contributed by atoms with van der Waals surface area (Å²) < 4.78 is 5.56. The summed E-state index contributed by atoms with van der Waals surface area (Å²) in [6.45, 7) is 1.86. The minimum absolute atomic E-state index is 0.00737. The molecular weight excluding hydrogens is 400 g/mol.